The highest BCUT2D eigenvalue weighted by molar-refractivity contribution is 5.67. The molecule has 0 saturated carbocycles. The van der Waals surface area contributed by atoms with E-state index in [0.29, 0.717) is 13.2 Å². The minimum Gasteiger partial charge on any atom is -0.445 e. The molecule has 4 nitrogen and oxygen atoms in total. The summed E-state index contributed by atoms with van der Waals surface area (Å²) in [5.41, 5.74) is 2.02. The molecule has 0 spiro atoms. The molecule has 0 radical (unpaired) electrons. The quantitative estimate of drug-likeness (QED) is 0.847. The third kappa shape index (κ3) is 8.94. The van der Waals surface area contributed by atoms with Crippen LogP contribution in [-0.4, -0.2) is 19.7 Å². The van der Waals surface area contributed by atoms with E-state index in [2.05, 4.69) is 10.6 Å². The van der Waals surface area contributed by atoms with Gasteiger partial charge in [0.1, 0.15) is 6.61 Å². The Labute approximate surface area is 117 Å². The average molecular weight is 268 g/mol. The Hall–Kier alpha value is -1.71. The number of carbonyl (C=O) groups excluding carboxylic acids is 1. The van der Waals surface area contributed by atoms with Crippen LogP contribution in [0.5, 0.6) is 0 Å². The van der Waals surface area contributed by atoms with Crippen molar-refractivity contribution >= 4 is 11.8 Å². The van der Waals surface area contributed by atoms with E-state index in [-0.39, 0.29) is 13.5 Å². The first-order valence-corrected chi connectivity index (χ1v) is 6.43. The smallest absolute Gasteiger partial charge is 0.407 e. The van der Waals surface area contributed by atoms with Crippen LogP contribution >= 0.6 is 0 Å². The van der Waals surface area contributed by atoms with Crippen molar-refractivity contribution < 1.29 is 9.53 Å². The minimum atomic E-state index is -0.362. The zero-order valence-corrected chi connectivity index (χ0v) is 11.7. The van der Waals surface area contributed by atoms with Gasteiger partial charge in [-0.3, -0.25) is 0 Å². The van der Waals surface area contributed by atoms with E-state index in [9.17, 15) is 4.79 Å². The van der Waals surface area contributed by atoms with Gasteiger partial charge in [-0.05, 0) is 24.1 Å². The van der Waals surface area contributed by atoms with Gasteiger partial charge in [0.25, 0.3) is 0 Å². The number of alkyl carbamates (subject to hydrolysis) is 1. The molecule has 0 unspecified atom stereocenters. The van der Waals surface area contributed by atoms with Crippen molar-refractivity contribution in [2.24, 2.45) is 0 Å². The second-order valence-corrected chi connectivity index (χ2v) is 3.45. The van der Waals surface area contributed by atoms with E-state index in [4.69, 9.17) is 4.74 Å². The Morgan fingerprint density at radius 2 is 1.79 bits per heavy atom. The molecule has 1 aromatic rings. The molecular formula is C15H28N2O2. The topological polar surface area (TPSA) is 50.4 Å². The number of anilines is 1. The molecule has 4 heteroatoms. The molecule has 0 atom stereocenters. The van der Waals surface area contributed by atoms with Gasteiger partial charge in [-0.2, -0.15) is 0 Å². The molecule has 0 bridgehead atoms. The highest BCUT2D eigenvalue weighted by atomic mass is 16.5. The Morgan fingerprint density at radius 3 is 2.26 bits per heavy atom. The maximum atomic E-state index is 11.2. The van der Waals surface area contributed by atoms with Gasteiger partial charge in [0.05, 0.1) is 0 Å². The van der Waals surface area contributed by atoms with Crippen molar-refractivity contribution in [3.63, 3.8) is 0 Å². The van der Waals surface area contributed by atoms with Gasteiger partial charge >= 0.3 is 6.09 Å². The second kappa shape index (κ2) is 12.7. The SMILES string of the molecule is C.CC.CCCNC(=O)OCc1ccc(NC)cc1. The summed E-state index contributed by atoms with van der Waals surface area (Å²) in [7, 11) is 1.86. The van der Waals surface area contributed by atoms with Gasteiger partial charge in [0.15, 0.2) is 0 Å². The molecule has 1 aromatic carbocycles. The summed E-state index contributed by atoms with van der Waals surface area (Å²) in [6.45, 7) is 6.95. The van der Waals surface area contributed by atoms with Crippen molar-refractivity contribution in [2.45, 2.75) is 41.2 Å². The Morgan fingerprint density at radius 1 is 1.21 bits per heavy atom. The fourth-order valence-corrected chi connectivity index (χ4v) is 1.19. The predicted molar refractivity (Wildman–Crippen MR) is 82.5 cm³/mol. The molecule has 1 amide bonds. The summed E-state index contributed by atoms with van der Waals surface area (Å²) in [6.07, 6.45) is 0.547. The van der Waals surface area contributed by atoms with E-state index in [1.807, 2.05) is 52.1 Å². The fourth-order valence-electron chi connectivity index (χ4n) is 1.19. The normalized spacial score (nSPS) is 8.42. The Kier molecular flexibility index (Phi) is 13.2. The standard InChI is InChI=1S/C12H18N2O2.C2H6.CH4/c1-3-8-14-12(15)16-9-10-4-6-11(13-2)7-5-10;1-2;/h4-7,13H,3,8-9H2,1-2H3,(H,14,15);1-2H3;1H4. The molecule has 0 saturated heterocycles. The van der Waals surface area contributed by atoms with Crippen LogP contribution in [0.25, 0.3) is 0 Å². The lowest BCUT2D eigenvalue weighted by molar-refractivity contribution is 0.139. The maximum Gasteiger partial charge on any atom is 0.407 e. The summed E-state index contributed by atoms with van der Waals surface area (Å²) in [5, 5.41) is 5.68. The van der Waals surface area contributed by atoms with E-state index < -0.39 is 0 Å². The van der Waals surface area contributed by atoms with Crippen LogP contribution in [0.1, 0.15) is 40.2 Å². The zero-order chi connectivity index (χ0) is 13.8. The lowest BCUT2D eigenvalue weighted by atomic mass is 10.2. The second-order valence-electron chi connectivity index (χ2n) is 3.45. The van der Waals surface area contributed by atoms with Crippen molar-refractivity contribution in [1.29, 1.82) is 0 Å². The van der Waals surface area contributed by atoms with Crippen molar-refractivity contribution in [3.05, 3.63) is 29.8 Å². The van der Waals surface area contributed by atoms with Gasteiger partial charge in [-0.15, -0.1) is 0 Å². The molecule has 0 aliphatic heterocycles. The molecule has 0 heterocycles. The van der Waals surface area contributed by atoms with E-state index in [0.717, 1.165) is 17.7 Å². The van der Waals surface area contributed by atoms with E-state index >= 15 is 0 Å². The third-order valence-corrected chi connectivity index (χ3v) is 2.13. The van der Waals surface area contributed by atoms with Crippen molar-refractivity contribution in [2.75, 3.05) is 18.9 Å². The van der Waals surface area contributed by atoms with Gasteiger partial charge in [0, 0.05) is 19.3 Å². The molecule has 110 valence electrons. The van der Waals surface area contributed by atoms with Crippen LogP contribution < -0.4 is 10.6 Å². The first kappa shape index (κ1) is 19.6. The van der Waals surface area contributed by atoms with Crippen LogP contribution in [-0.2, 0) is 11.3 Å². The molecule has 2 N–H and O–H groups in total. The molecular weight excluding hydrogens is 240 g/mol. The Bertz CT molecular complexity index is 323. The van der Waals surface area contributed by atoms with E-state index in [1.165, 1.54) is 0 Å². The number of amides is 1. The average Bonchev–Trinajstić information content (AvgIpc) is 2.45. The number of nitrogens with one attached hydrogen (secondary N) is 2. The summed E-state index contributed by atoms with van der Waals surface area (Å²) in [6, 6.07) is 7.75. The highest BCUT2D eigenvalue weighted by Crippen LogP contribution is 2.09. The maximum absolute atomic E-state index is 11.2. The molecule has 0 fully saturated rings. The van der Waals surface area contributed by atoms with Gasteiger partial charge < -0.3 is 15.4 Å². The first-order chi connectivity index (χ1) is 8.76. The van der Waals surface area contributed by atoms with Crippen LogP contribution in [0.3, 0.4) is 0 Å². The van der Waals surface area contributed by atoms with Gasteiger partial charge in [-0.1, -0.05) is 40.3 Å². The number of hydrogen-bond acceptors (Lipinski definition) is 3. The zero-order valence-electron chi connectivity index (χ0n) is 11.7. The van der Waals surface area contributed by atoms with Crippen LogP contribution in [0.4, 0.5) is 10.5 Å². The number of ether oxygens (including phenoxy) is 1. The third-order valence-electron chi connectivity index (χ3n) is 2.13. The summed E-state index contributed by atoms with van der Waals surface area (Å²) in [4.78, 5) is 11.2. The lowest BCUT2D eigenvalue weighted by Gasteiger charge is -2.06. The highest BCUT2D eigenvalue weighted by Gasteiger charge is 2.00. The predicted octanol–water partition coefficient (Wildman–Crippen LogP) is 4.03. The number of benzene rings is 1. The lowest BCUT2D eigenvalue weighted by Crippen LogP contribution is -2.24. The molecule has 19 heavy (non-hydrogen) atoms. The van der Waals surface area contributed by atoms with Gasteiger partial charge in [-0.25, -0.2) is 4.79 Å². The summed E-state index contributed by atoms with van der Waals surface area (Å²) >= 11 is 0. The Balaban J connectivity index is 0. The van der Waals surface area contributed by atoms with Crippen LogP contribution in [0.15, 0.2) is 24.3 Å². The number of hydrogen-bond donors (Lipinski definition) is 2. The fraction of sp³-hybridized carbons (Fsp3) is 0.533. The first-order valence-electron chi connectivity index (χ1n) is 6.43. The van der Waals surface area contributed by atoms with Crippen LogP contribution in [0, 0.1) is 0 Å². The van der Waals surface area contributed by atoms with Crippen LogP contribution in [0.2, 0.25) is 0 Å². The monoisotopic (exact) mass is 268 g/mol. The molecule has 0 aromatic heterocycles. The van der Waals surface area contributed by atoms with E-state index in [1.54, 1.807) is 0 Å². The number of rotatable bonds is 5. The summed E-state index contributed by atoms with van der Waals surface area (Å²) < 4.78 is 5.03. The summed E-state index contributed by atoms with van der Waals surface area (Å²) in [5.74, 6) is 0. The molecule has 0 aliphatic rings. The number of carbonyl (C=O) groups is 1. The molecule has 0 aliphatic carbocycles. The minimum absolute atomic E-state index is 0. The molecule has 1 rings (SSSR count). The van der Waals surface area contributed by atoms with Gasteiger partial charge in [0.2, 0.25) is 0 Å². The van der Waals surface area contributed by atoms with Crippen molar-refractivity contribution in [1.82, 2.24) is 5.32 Å². The van der Waals surface area contributed by atoms with Crippen molar-refractivity contribution in [3.8, 4) is 0 Å². The largest absolute Gasteiger partial charge is 0.445 e.